The summed E-state index contributed by atoms with van der Waals surface area (Å²) in [4.78, 5) is 8.19. The summed E-state index contributed by atoms with van der Waals surface area (Å²) in [5, 5.41) is 23.0. The average Bonchev–Trinajstić information content (AvgIpc) is 3.19. The smallest absolute Gasteiger partial charge is 0.265 e. The van der Waals surface area contributed by atoms with E-state index in [0.29, 0.717) is 37.0 Å². The molecule has 1 fully saturated rings. The Balaban J connectivity index is 1.66. The van der Waals surface area contributed by atoms with Gasteiger partial charge in [-0.3, -0.25) is 4.90 Å². The maximum Gasteiger partial charge on any atom is 0.265 e. The Bertz CT molecular complexity index is 666. The van der Waals surface area contributed by atoms with Gasteiger partial charge in [0.05, 0.1) is 12.7 Å². The molecule has 1 N–H and O–H groups in total. The molecule has 0 spiro atoms. The Morgan fingerprint density at radius 1 is 1.43 bits per heavy atom. The molecular weight excluding hydrogens is 298 g/mol. The van der Waals surface area contributed by atoms with Crippen molar-refractivity contribution in [1.82, 2.24) is 30.0 Å². The molecule has 0 aliphatic carbocycles. The van der Waals surface area contributed by atoms with E-state index in [1.807, 2.05) is 34.1 Å². The Morgan fingerprint density at radius 3 is 2.83 bits per heavy atom. The monoisotopic (exact) mass is 321 g/mol. The first kappa shape index (κ1) is 15.9. The van der Waals surface area contributed by atoms with Crippen LogP contribution in [-0.2, 0) is 12.1 Å². The zero-order valence-corrected chi connectivity index (χ0v) is 14.0. The first-order valence-corrected chi connectivity index (χ1v) is 7.74. The molecule has 0 amide bonds. The molecule has 0 saturated carbocycles. The summed E-state index contributed by atoms with van der Waals surface area (Å²) >= 11 is 0. The molecule has 2 aromatic rings. The van der Waals surface area contributed by atoms with Crippen molar-refractivity contribution in [3.05, 3.63) is 17.8 Å². The molecular formula is C14H23N7O2. The van der Waals surface area contributed by atoms with Gasteiger partial charge in [0.2, 0.25) is 5.89 Å². The van der Waals surface area contributed by atoms with Crippen LogP contribution in [0.4, 0.5) is 5.95 Å². The SMILES string of the molecule is CC(C)n1cc([C@]2(O)CCN(Cc3nc(N(C)C)no3)C2)nn1. The topological polar surface area (TPSA) is 96.3 Å². The molecule has 126 valence electrons. The summed E-state index contributed by atoms with van der Waals surface area (Å²) in [5.74, 6) is 1.10. The van der Waals surface area contributed by atoms with Gasteiger partial charge >= 0.3 is 0 Å². The van der Waals surface area contributed by atoms with E-state index in [2.05, 4.69) is 25.4 Å². The summed E-state index contributed by atoms with van der Waals surface area (Å²) in [6, 6.07) is 0.222. The number of aliphatic hydroxyl groups is 1. The minimum atomic E-state index is -0.975. The maximum absolute atomic E-state index is 10.9. The number of hydrogen-bond donors (Lipinski definition) is 1. The first-order chi connectivity index (χ1) is 10.9. The van der Waals surface area contributed by atoms with Gasteiger partial charge < -0.3 is 14.5 Å². The molecule has 1 aliphatic heterocycles. The number of likely N-dealkylation sites (tertiary alicyclic amines) is 1. The summed E-state index contributed by atoms with van der Waals surface area (Å²) in [7, 11) is 3.72. The summed E-state index contributed by atoms with van der Waals surface area (Å²) in [6.45, 7) is 5.79. The Kier molecular flexibility index (Phi) is 4.07. The lowest BCUT2D eigenvalue weighted by Crippen LogP contribution is -2.31. The van der Waals surface area contributed by atoms with E-state index in [9.17, 15) is 5.11 Å². The van der Waals surface area contributed by atoms with Crippen molar-refractivity contribution in [3.63, 3.8) is 0 Å². The van der Waals surface area contributed by atoms with Crippen LogP contribution in [0.1, 0.15) is 37.9 Å². The molecule has 9 nitrogen and oxygen atoms in total. The van der Waals surface area contributed by atoms with Gasteiger partial charge in [0.1, 0.15) is 11.3 Å². The lowest BCUT2D eigenvalue weighted by molar-refractivity contribution is 0.0397. The maximum atomic E-state index is 10.9. The van der Waals surface area contributed by atoms with Gasteiger partial charge in [-0.1, -0.05) is 5.21 Å². The highest BCUT2D eigenvalue weighted by molar-refractivity contribution is 5.23. The number of anilines is 1. The van der Waals surface area contributed by atoms with E-state index < -0.39 is 5.60 Å². The largest absolute Gasteiger partial charge is 0.382 e. The number of hydrogen-bond acceptors (Lipinski definition) is 8. The molecule has 9 heteroatoms. The fourth-order valence-corrected chi connectivity index (χ4v) is 2.64. The van der Waals surface area contributed by atoms with E-state index in [1.54, 1.807) is 9.58 Å². The van der Waals surface area contributed by atoms with Crippen LogP contribution < -0.4 is 4.90 Å². The predicted octanol–water partition coefficient (Wildman–Crippen LogP) is 0.401. The Morgan fingerprint density at radius 2 is 2.22 bits per heavy atom. The highest BCUT2D eigenvalue weighted by Crippen LogP contribution is 2.31. The van der Waals surface area contributed by atoms with Crippen LogP contribution in [-0.4, -0.2) is 62.3 Å². The molecule has 3 rings (SSSR count). The Hall–Kier alpha value is -2.00. The third-order valence-corrected chi connectivity index (χ3v) is 4.06. The van der Waals surface area contributed by atoms with Crippen molar-refractivity contribution in [2.45, 2.75) is 38.5 Å². The molecule has 0 aromatic carbocycles. The van der Waals surface area contributed by atoms with Crippen molar-refractivity contribution in [2.75, 3.05) is 32.1 Å². The third-order valence-electron chi connectivity index (χ3n) is 4.06. The van der Waals surface area contributed by atoms with E-state index in [4.69, 9.17) is 4.52 Å². The van der Waals surface area contributed by atoms with Crippen molar-refractivity contribution >= 4 is 5.95 Å². The van der Waals surface area contributed by atoms with E-state index in [0.717, 1.165) is 6.54 Å². The van der Waals surface area contributed by atoms with Gasteiger partial charge in [0.15, 0.2) is 0 Å². The van der Waals surface area contributed by atoms with Crippen LogP contribution in [0.25, 0.3) is 0 Å². The zero-order valence-electron chi connectivity index (χ0n) is 14.0. The van der Waals surface area contributed by atoms with Crippen molar-refractivity contribution in [3.8, 4) is 0 Å². The molecule has 1 atom stereocenters. The van der Waals surface area contributed by atoms with Crippen LogP contribution in [0.3, 0.4) is 0 Å². The third kappa shape index (κ3) is 3.20. The van der Waals surface area contributed by atoms with Crippen LogP contribution in [0.5, 0.6) is 0 Å². The average molecular weight is 321 g/mol. The number of nitrogens with zero attached hydrogens (tertiary/aromatic N) is 7. The molecule has 1 saturated heterocycles. The number of β-amino-alcohol motifs (C(OH)–C–C–N with tert-alkyl or cyclic N) is 1. The van der Waals surface area contributed by atoms with Crippen molar-refractivity contribution in [1.29, 1.82) is 0 Å². The fraction of sp³-hybridized carbons (Fsp3) is 0.714. The molecule has 0 unspecified atom stereocenters. The lowest BCUT2D eigenvalue weighted by atomic mass is 10.00. The van der Waals surface area contributed by atoms with Gasteiger partial charge in [-0.15, -0.1) is 5.10 Å². The number of rotatable bonds is 5. The second-order valence-electron chi connectivity index (χ2n) is 6.55. The number of aromatic nitrogens is 5. The molecule has 1 aliphatic rings. The lowest BCUT2D eigenvalue weighted by Gasteiger charge is -2.20. The minimum absolute atomic E-state index is 0.222. The fourth-order valence-electron chi connectivity index (χ4n) is 2.64. The van der Waals surface area contributed by atoms with Crippen LogP contribution >= 0.6 is 0 Å². The van der Waals surface area contributed by atoms with Crippen LogP contribution in [0, 0.1) is 0 Å². The van der Waals surface area contributed by atoms with Gasteiger partial charge in [-0.25, -0.2) is 4.68 Å². The summed E-state index contributed by atoms with van der Waals surface area (Å²) in [6.07, 6.45) is 2.43. The van der Waals surface area contributed by atoms with Crippen LogP contribution in [0.2, 0.25) is 0 Å². The zero-order chi connectivity index (χ0) is 16.6. The molecule has 23 heavy (non-hydrogen) atoms. The summed E-state index contributed by atoms with van der Waals surface area (Å²) in [5.41, 5.74) is -0.356. The van der Waals surface area contributed by atoms with Crippen molar-refractivity contribution in [2.24, 2.45) is 0 Å². The van der Waals surface area contributed by atoms with E-state index >= 15 is 0 Å². The molecule has 0 bridgehead atoms. The van der Waals surface area contributed by atoms with Gasteiger partial charge in [-0.2, -0.15) is 4.98 Å². The van der Waals surface area contributed by atoms with Gasteiger partial charge in [0, 0.05) is 33.2 Å². The van der Waals surface area contributed by atoms with Crippen LogP contribution in [0.15, 0.2) is 10.7 Å². The summed E-state index contributed by atoms with van der Waals surface area (Å²) < 4.78 is 7.00. The normalized spacial score (nSPS) is 22.2. The van der Waals surface area contributed by atoms with Gasteiger partial charge in [0.25, 0.3) is 5.95 Å². The Labute approximate surface area is 134 Å². The van der Waals surface area contributed by atoms with E-state index in [1.165, 1.54) is 0 Å². The second kappa shape index (κ2) is 5.89. The highest BCUT2D eigenvalue weighted by Gasteiger charge is 2.40. The molecule has 3 heterocycles. The molecule has 2 aromatic heterocycles. The quantitative estimate of drug-likeness (QED) is 0.845. The highest BCUT2D eigenvalue weighted by atomic mass is 16.5. The first-order valence-electron chi connectivity index (χ1n) is 7.74. The second-order valence-corrected chi connectivity index (χ2v) is 6.55. The molecule has 0 radical (unpaired) electrons. The van der Waals surface area contributed by atoms with Gasteiger partial charge in [-0.05, 0) is 25.4 Å². The minimum Gasteiger partial charge on any atom is -0.382 e. The van der Waals surface area contributed by atoms with Crippen molar-refractivity contribution < 1.29 is 9.63 Å². The predicted molar refractivity (Wildman–Crippen MR) is 82.8 cm³/mol. The van der Waals surface area contributed by atoms with E-state index in [-0.39, 0.29) is 6.04 Å². The standard InChI is InChI=1S/C14H23N7O2/c1-10(2)21-7-11(16-18-21)14(22)5-6-20(9-14)8-12-15-13(17-23-12)19(3)4/h7,10,22H,5-6,8-9H2,1-4H3/t14-/m0/s1.